The smallest absolute Gasteiger partial charge is 0.223 e. The maximum absolute atomic E-state index is 13.4. The van der Waals surface area contributed by atoms with Gasteiger partial charge in [-0.1, -0.05) is 0 Å². The minimum absolute atomic E-state index is 0.0918. The Bertz CT molecular complexity index is 1140. The molecular formula is C21H20FN5O2. The third-order valence-electron chi connectivity index (χ3n) is 4.44. The molecule has 0 saturated carbocycles. The van der Waals surface area contributed by atoms with Crippen molar-refractivity contribution in [1.82, 2.24) is 19.4 Å². The minimum atomic E-state index is -0.537. The van der Waals surface area contributed by atoms with Gasteiger partial charge in [-0.15, -0.1) is 0 Å². The molecule has 4 aromatic rings. The van der Waals surface area contributed by atoms with E-state index in [2.05, 4.69) is 15.3 Å². The predicted molar refractivity (Wildman–Crippen MR) is 108 cm³/mol. The number of pyridine rings is 1. The van der Waals surface area contributed by atoms with Gasteiger partial charge in [0.25, 0.3) is 0 Å². The number of aromatic nitrogens is 4. The number of hydrogen-bond acceptors (Lipinski definition) is 6. The van der Waals surface area contributed by atoms with Crippen LogP contribution >= 0.6 is 0 Å². The second kappa shape index (κ2) is 7.94. The molecule has 0 amide bonds. The first kappa shape index (κ1) is 19.0. The summed E-state index contributed by atoms with van der Waals surface area (Å²) in [6.45, 7) is 1.90. The normalized spacial score (nSPS) is 12.3. The van der Waals surface area contributed by atoms with Crippen LogP contribution in [0.4, 0.5) is 10.3 Å². The monoisotopic (exact) mass is 393 g/mol. The van der Waals surface area contributed by atoms with Gasteiger partial charge >= 0.3 is 0 Å². The highest BCUT2D eigenvalue weighted by atomic mass is 19.1. The molecule has 3 heterocycles. The largest absolute Gasteiger partial charge is 0.392 e. The number of rotatable bonds is 6. The Hall–Kier alpha value is -3.36. The van der Waals surface area contributed by atoms with E-state index in [-0.39, 0.29) is 12.4 Å². The minimum Gasteiger partial charge on any atom is -0.392 e. The summed E-state index contributed by atoms with van der Waals surface area (Å²) in [5.41, 5.74) is 4.10. The molecule has 0 radical (unpaired) electrons. The number of nitrogens with zero attached hydrogens (tertiary/aromatic N) is 4. The Kier molecular flexibility index (Phi) is 5.20. The van der Waals surface area contributed by atoms with Gasteiger partial charge in [0.15, 0.2) is 0 Å². The summed E-state index contributed by atoms with van der Waals surface area (Å²) < 4.78 is 15.3. The molecule has 7 nitrogen and oxygen atoms in total. The number of hydrogen-bond donors (Lipinski definition) is 3. The number of benzene rings is 1. The lowest BCUT2D eigenvalue weighted by Gasteiger charge is -2.09. The highest BCUT2D eigenvalue weighted by Crippen LogP contribution is 2.32. The predicted octanol–water partition coefficient (Wildman–Crippen LogP) is 2.88. The van der Waals surface area contributed by atoms with Crippen LogP contribution in [-0.2, 0) is 6.61 Å². The quantitative estimate of drug-likeness (QED) is 0.466. The third kappa shape index (κ3) is 3.94. The fourth-order valence-corrected chi connectivity index (χ4v) is 3.05. The Labute approximate surface area is 166 Å². The van der Waals surface area contributed by atoms with E-state index in [1.54, 1.807) is 43.5 Å². The first-order valence-corrected chi connectivity index (χ1v) is 9.18. The fourth-order valence-electron chi connectivity index (χ4n) is 3.05. The summed E-state index contributed by atoms with van der Waals surface area (Å²) in [7, 11) is 0. The lowest BCUT2D eigenvalue weighted by molar-refractivity contribution is 0.208. The maximum atomic E-state index is 13.4. The van der Waals surface area contributed by atoms with Crippen LogP contribution in [0, 0.1) is 5.82 Å². The van der Waals surface area contributed by atoms with Crippen molar-refractivity contribution in [2.24, 2.45) is 0 Å². The van der Waals surface area contributed by atoms with Crippen molar-refractivity contribution in [3.05, 3.63) is 66.2 Å². The first-order chi connectivity index (χ1) is 14.0. The molecule has 1 atom stereocenters. The van der Waals surface area contributed by atoms with Crippen molar-refractivity contribution in [1.29, 1.82) is 0 Å². The van der Waals surface area contributed by atoms with E-state index in [4.69, 9.17) is 4.98 Å². The summed E-state index contributed by atoms with van der Waals surface area (Å²) in [5.74, 6) is 0.0589. The van der Waals surface area contributed by atoms with Crippen LogP contribution in [0.2, 0.25) is 0 Å². The van der Waals surface area contributed by atoms with E-state index in [0.717, 1.165) is 16.8 Å². The summed E-state index contributed by atoms with van der Waals surface area (Å²) in [4.78, 5) is 13.5. The number of halogens is 1. The fraction of sp³-hybridized carbons (Fsp3) is 0.190. The van der Waals surface area contributed by atoms with E-state index < -0.39 is 6.10 Å². The zero-order valence-electron chi connectivity index (χ0n) is 15.7. The summed E-state index contributed by atoms with van der Waals surface area (Å²) in [6, 6.07) is 11.5. The molecule has 1 unspecified atom stereocenters. The van der Waals surface area contributed by atoms with Crippen molar-refractivity contribution in [3.63, 3.8) is 0 Å². The van der Waals surface area contributed by atoms with Gasteiger partial charge in [-0.05, 0) is 55.0 Å². The van der Waals surface area contributed by atoms with E-state index in [1.807, 2.05) is 10.6 Å². The molecule has 148 valence electrons. The number of imidazole rings is 1. The number of aliphatic hydroxyl groups excluding tert-OH is 2. The Morgan fingerprint density at radius 1 is 1.14 bits per heavy atom. The van der Waals surface area contributed by atoms with E-state index in [1.165, 1.54) is 12.1 Å². The molecule has 0 aliphatic rings. The van der Waals surface area contributed by atoms with Gasteiger partial charge < -0.3 is 15.5 Å². The average molecular weight is 393 g/mol. The summed E-state index contributed by atoms with van der Waals surface area (Å²) in [6.07, 6.45) is 2.91. The van der Waals surface area contributed by atoms with Gasteiger partial charge in [0.2, 0.25) is 5.95 Å². The van der Waals surface area contributed by atoms with Gasteiger partial charge in [0, 0.05) is 24.5 Å². The van der Waals surface area contributed by atoms with Crippen LogP contribution in [0.25, 0.3) is 28.3 Å². The highest BCUT2D eigenvalue weighted by molar-refractivity contribution is 5.80. The summed E-state index contributed by atoms with van der Waals surface area (Å²) >= 11 is 0. The number of anilines is 1. The molecule has 8 heteroatoms. The zero-order valence-corrected chi connectivity index (χ0v) is 15.7. The molecule has 0 spiro atoms. The molecule has 3 aromatic heterocycles. The van der Waals surface area contributed by atoms with Gasteiger partial charge in [0.05, 0.1) is 29.8 Å². The molecule has 3 N–H and O–H groups in total. The average Bonchev–Trinajstić information content (AvgIpc) is 3.11. The van der Waals surface area contributed by atoms with E-state index in [9.17, 15) is 14.6 Å². The van der Waals surface area contributed by atoms with E-state index >= 15 is 0 Å². The maximum Gasteiger partial charge on any atom is 0.223 e. The zero-order chi connectivity index (χ0) is 20.4. The van der Waals surface area contributed by atoms with Crippen molar-refractivity contribution in [2.45, 2.75) is 19.6 Å². The van der Waals surface area contributed by atoms with Crippen LogP contribution < -0.4 is 5.32 Å². The molecule has 4 rings (SSSR count). The molecule has 1 aromatic carbocycles. The van der Waals surface area contributed by atoms with Crippen LogP contribution in [-0.4, -0.2) is 42.2 Å². The van der Waals surface area contributed by atoms with Crippen LogP contribution in [0.5, 0.6) is 0 Å². The standard InChI is InChI=1S/C21H20FN5O2/c1-13(29)11-24-21-23-8-6-17(25-21)20-19(15-2-4-16(22)5-3-15)26-18-10-14(12-28)7-9-27(18)20/h2-10,13,28-29H,11-12H2,1H3,(H,23,24,25). The number of aliphatic hydroxyl groups is 2. The first-order valence-electron chi connectivity index (χ1n) is 9.18. The molecule has 29 heavy (non-hydrogen) atoms. The Morgan fingerprint density at radius 2 is 1.93 bits per heavy atom. The molecule has 0 aliphatic carbocycles. The van der Waals surface area contributed by atoms with Crippen molar-refractivity contribution in [2.75, 3.05) is 11.9 Å². The second-order valence-electron chi connectivity index (χ2n) is 6.73. The highest BCUT2D eigenvalue weighted by Gasteiger charge is 2.18. The van der Waals surface area contributed by atoms with Crippen molar-refractivity contribution < 1.29 is 14.6 Å². The second-order valence-corrected chi connectivity index (χ2v) is 6.73. The Balaban J connectivity index is 1.89. The molecule has 0 bridgehead atoms. The van der Waals surface area contributed by atoms with Crippen LogP contribution in [0.3, 0.4) is 0 Å². The molecule has 0 aliphatic heterocycles. The topological polar surface area (TPSA) is 95.6 Å². The van der Waals surface area contributed by atoms with Crippen LogP contribution in [0.15, 0.2) is 54.9 Å². The van der Waals surface area contributed by atoms with Gasteiger partial charge in [-0.25, -0.2) is 19.3 Å². The van der Waals surface area contributed by atoms with Crippen molar-refractivity contribution >= 4 is 11.6 Å². The van der Waals surface area contributed by atoms with E-state index in [0.29, 0.717) is 29.5 Å². The number of fused-ring (bicyclic) bond motifs is 1. The third-order valence-corrected chi connectivity index (χ3v) is 4.44. The lowest BCUT2D eigenvalue weighted by Crippen LogP contribution is -2.17. The molecular weight excluding hydrogens is 373 g/mol. The summed E-state index contributed by atoms with van der Waals surface area (Å²) in [5, 5.41) is 21.9. The van der Waals surface area contributed by atoms with Crippen LogP contribution in [0.1, 0.15) is 12.5 Å². The Morgan fingerprint density at radius 3 is 2.66 bits per heavy atom. The van der Waals surface area contributed by atoms with Gasteiger partial charge in [0.1, 0.15) is 11.5 Å². The number of nitrogens with one attached hydrogen (secondary N) is 1. The lowest BCUT2D eigenvalue weighted by atomic mass is 10.1. The molecule has 0 saturated heterocycles. The van der Waals surface area contributed by atoms with Gasteiger partial charge in [-0.3, -0.25) is 4.40 Å². The SMILES string of the molecule is CC(O)CNc1nccc(-c2c(-c3ccc(F)cc3)nc3cc(CO)ccn23)n1. The van der Waals surface area contributed by atoms with Crippen molar-refractivity contribution in [3.8, 4) is 22.6 Å². The van der Waals surface area contributed by atoms with Gasteiger partial charge in [-0.2, -0.15) is 0 Å². The molecule has 0 fully saturated rings.